The van der Waals surface area contributed by atoms with Crippen LogP contribution in [0.25, 0.3) is 0 Å². The summed E-state index contributed by atoms with van der Waals surface area (Å²) >= 11 is 0. The summed E-state index contributed by atoms with van der Waals surface area (Å²) in [6.07, 6.45) is 0.185. The third-order valence-corrected chi connectivity index (χ3v) is 3.38. The maximum absolute atomic E-state index is 12.3. The first-order chi connectivity index (χ1) is 10.6. The molecule has 2 N–H and O–H groups in total. The Bertz CT molecular complexity index is 650. The number of hydrogen-bond acceptors (Lipinski definition) is 4. The Labute approximate surface area is 130 Å². The van der Waals surface area contributed by atoms with Crippen molar-refractivity contribution in [2.75, 3.05) is 0 Å². The Morgan fingerprint density at radius 3 is 2.14 bits per heavy atom. The van der Waals surface area contributed by atoms with Gasteiger partial charge >= 0.3 is 5.97 Å². The summed E-state index contributed by atoms with van der Waals surface area (Å²) in [5.41, 5.74) is 6.61. The summed E-state index contributed by atoms with van der Waals surface area (Å²) < 4.78 is 5.30. The zero-order chi connectivity index (χ0) is 15.8. The fraction of sp³-hybridized carbons (Fsp3) is 0.222. The van der Waals surface area contributed by atoms with Gasteiger partial charge in [0.15, 0.2) is 0 Å². The standard InChI is InChI=1S/C18H18N2O2/c19-12-11-18(20,13-15-7-3-1-4-8-15)17(21)22-14-16-9-5-2-6-10-16/h1-10H,11,13-14,20H2/t18-/m1/s1. The van der Waals surface area contributed by atoms with Crippen LogP contribution in [0.5, 0.6) is 0 Å². The van der Waals surface area contributed by atoms with E-state index in [1.165, 1.54) is 0 Å². The molecule has 0 spiro atoms. The van der Waals surface area contributed by atoms with Crippen LogP contribution in [-0.4, -0.2) is 11.5 Å². The third kappa shape index (κ3) is 4.18. The van der Waals surface area contributed by atoms with Gasteiger partial charge in [-0.3, -0.25) is 0 Å². The second-order valence-electron chi connectivity index (χ2n) is 5.22. The molecule has 0 saturated heterocycles. The molecule has 0 aliphatic heterocycles. The number of ether oxygens (including phenoxy) is 1. The predicted molar refractivity (Wildman–Crippen MR) is 83.5 cm³/mol. The first-order valence-electron chi connectivity index (χ1n) is 7.05. The SMILES string of the molecule is N#CC[C@@](N)(Cc1ccccc1)C(=O)OCc1ccccc1. The molecule has 1 atom stereocenters. The Kier molecular flexibility index (Phi) is 5.29. The van der Waals surface area contributed by atoms with Crippen LogP contribution in [0.3, 0.4) is 0 Å². The van der Waals surface area contributed by atoms with Crippen LogP contribution >= 0.6 is 0 Å². The van der Waals surface area contributed by atoms with Crippen molar-refractivity contribution in [3.63, 3.8) is 0 Å². The van der Waals surface area contributed by atoms with Crippen molar-refractivity contribution in [2.45, 2.75) is 25.0 Å². The van der Waals surface area contributed by atoms with Crippen LogP contribution in [0.15, 0.2) is 60.7 Å². The van der Waals surface area contributed by atoms with Crippen molar-refractivity contribution in [1.29, 1.82) is 5.26 Å². The molecule has 0 heterocycles. The molecule has 4 nitrogen and oxygen atoms in total. The zero-order valence-corrected chi connectivity index (χ0v) is 12.2. The summed E-state index contributed by atoms with van der Waals surface area (Å²) in [6, 6.07) is 20.7. The van der Waals surface area contributed by atoms with E-state index in [1.54, 1.807) is 0 Å². The molecule has 0 aromatic heterocycles. The fourth-order valence-electron chi connectivity index (χ4n) is 2.17. The van der Waals surface area contributed by atoms with Crippen LogP contribution < -0.4 is 5.73 Å². The molecule has 0 fully saturated rings. The molecule has 2 rings (SSSR count). The van der Waals surface area contributed by atoms with Gasteiger partial charge in [-0.1, -0.05) is 60.7 Å². The van der Waals surface area contributed by atoms with Gasteiger partial charge in [-0.2, -0.15) is 5.26 Å². The summed E-state index contributed by atoms with van der Waals surface area (Å²) in [6.45, 7) is 0.152. The Hall–Kier alpha value is -2.64. The minimum atomic E-state index is -1.33. The number of rotatable bonds is 6. The molecule has 4 heteroatoms. The van der Waals surface area contributed by atoms with Gasteiger partial charge in [0.05, 0.1) is 12.5 Å². The third-order valence-electron chi connectivity index (χ3n) is 3.38. The van der Waals surface area contributed by atoms with Crippen LogP contribution in [-0.2, 0) is 22.6 Å². The van der Waals surface area contributed by atoms with Crippen LogP contribution in [0, 0.1) is 11.3 Å². The summed E-state index contributed by atoms with van der Waals surface area (Å²) in [5.74, 6) is -0.554. The highest BCUT2D eigenvalue weighted by atomic mass is 16.5. The number of esters is 1. The van der Waals surface area contributed by atoms with E-state index in [4.69, 9.17) is 15.7 Å². The van der Waals surface area contributed by atoms with Crippen LogP contribution in [0.4, 0.5) is 0 Å². The van der Waals surface area contributed by atoms with Crippen molar-refractivity contribution in [1.82, 2.24) is 0 Å². The molecule has 0 amide bonds. The molecular weight excluding hydrogens is 276 g/mol. The smallest absolute Gasteiger partial charge is 0.327 e. The molecule has 2 aromatic rings. The fourth-order valence-corrected chi connectivity index (χ4v) is 2.17. The van der Waals surface area contributed by atoms with Crippen molar-refractivity contribution in [2.24, 2.45) is 5.73 Å². The summed E-state index contributed by atoms with van der Waals surface area (Å²) in [4.78, 5) is 12.3. The summed E-state index contributed by atoms with van der Waals surface area (Å²) in [7, 11) is 0. The molecule has 0 aliphatic rings. The van der Waals surface area contributed by atoms with Gasteiger partial charge in [0.2, 0.25) is 0 Å². The lowest BCUT2D eigenvalue weighted by atomic mass is 9.89. The Balaban J connectivity index is 2.06. The highest BCUT2D eigenvalue weighted by molar-refractivity contribution is 5.81. The molecule has 2 aromatic carbocycles. The van der Waals surface area contributed by atoms with Gasteiger partial charge in [-0.05, 0) is 11.1 Å². The van der Waals surface area contributed by atoms with E-state index in [0.29, 0.717) is 0 Å². The van der Waals surface area contributed by atoms with Gasteiger partial charge in [-0.25, -0.2) is 4.79 Å². The van der Waals surface area contributed by atoms with E-state index >= 15 is 0 Å². The molecule has 0 radical (unpaired) electrons. The van der Waals surface area contributed by atoms with Crippen molar-refractivity contribution in [3.8, 4) is 6.07 Å². The Morgan fingerprint density at radius 1 is 1.05 bits per heavy atom. The molecule has 0 aliphatic carbocycles. The maximum atomic E-state index is 12.3. The van der Waals surface area contributed by atoms with Crippen molar-refractivity contribution >= 4 is 5.97 Å². The molecule has 112 valence electrons. The molecular formula is C18H18N2O2. The number of nitrogens with zero attached hydrogens (tertiary/aromatic N) is 1. The Morgan fingerprint density at radius 2 is 1.59 bits per heavy atom. The van der Waals surface area contributed by atoms with E-state index in [9.17, 15) is 4.79 Å². The van der Waals surface area contributed by atoms with Gasteiger partial charge in [0.1, 0.15) is 12.1 Å². The average molecular weight is 294 g/mol. The highest BCUT2D eigenvalue weighted by Crippen LogP contribution is 2.17. The van der Waals surface area contributed by atoms with E-state index < -0.39 is 11.5 Å². The lowest BCUT2D eigenvalue weighted by molar-refractivity contribution is -0.151. The van der Waals surface area contributed by atoms with E-state index in [-0.39, 0.29) is 19.4 Å². The van der Waals surface area contributed by atoms with Crippen LogP contribution in [0.1, 0.15) is 17.5 Å². The lowest BCUT2D eigenvalue weighted by Gasteiger charge is -2.24. The molecule has 0 unspecified atom stereocenters. The van der Waals surface area contributed by atoms with Crippen molar-refractivity contribution < 1.29 is 9.53 Å². The van der Waals surface area contributed by atoms with Gasteiger partial charge in [0.25, 0.3) is 0 Å². The average Bonchev–Trinajstić information content (AvgIpc) is 2.54. The summed E-state index contributed by atoms with van der Waals surface area (Å²) in [5, 5.41) is 8.98. The number of nitriles is 1. The monoisotopic (exact) mass is 294 g/mol. The molecule has 0 bridgehead atoms. The van der Waals surface area contributed by atoms with Gasteiger partial charge < -0.3 is 10.5 Å². The minimum Gasteiger partial charge on any atom is -0.459 e. The van der Waals surface area contributed by atoms with Crippen LogP contribution in [0.2, 0.25) is 0 Å². The van der Waals surface area contributed by atoms with E-state index in [1.807, 2.05) is 66.7 Å². The normalized spacial score (nSPS) is 12.9. The lowest BCUT2D eigenvalue weighted by Crippen LogP contribution is -2.50. The predicted octanol–water partition coefficient (Wildman–Crippen LogP) is 2.58. The topological polar surface area (TPSA) is 76.1 Å². The largest absolute Gasteiger partial charge is 0.459 e. The number of hydrogen-bond donors (Lipinski definition) is 1. The maximum Gasteiger partial charge on any atom is 0.327 e. The first kappa shape index (κ1) is 15.7. The van der Waals surface area contributed by atoms with E-state index in [2.05, 4.69) is 0 Å². The quantitative estimate of drug-likeness (QED) is 0.831. The number of carbonyl (C=O) groups is 1. The minimum absolute atomic E-state index is 0.0878. The van der Waals surface area contributed by atoms with E-state index in [0.717, 1.165) is 11.1 Å². The van der Waals surface area contributed by atoms with Crippen molar-refractivity contribution in [3.05, 3.63) is 71.8 Å². The van der Waals surface area contributed by atoms with Gasteiger partial charge in [-0.15, -0.1) is 0 Å². The first-order valence-corrected chi connectivity index (χ1v) is 7.05. The second-order valence-corrected chi connectivity index (χ2v) is 5.22. The van der Waals surface area contributed by atoms with Gasteiger partial charge in [0, 0.05) is 6.42 Å². The molecule has 0 saturated carbocycles. The zero-order valence-electron chi connectivity index (χ0n) is 12.2. The molecule has 22 heavy (non-hydrogen) atoms. The number of carbonyl (C=O) groups excluding carboxylic acids is 1. The number of benzene rings is 2. The second kappa shape index (κ2) is 7.39. The highest BCUT2D eigenvalue weighted by Gasteiger charge is 2.36. The number of nitrogens with two attached hydrogens (primary N) is 1.